The van der Waals surface area contributed by atoms with Gasteiger partial charge in [0.05, 0.1) is 18.8 Å². The largest absolute Gasteiger partial charge is 0.375 e. The zero-order chi connectivity index (χ0) is 17.9. The van der Waals surface area contributed by atoms with Crippen molar-refractivity contribution in [3.63, 3.8) is 0 Å². The average Bonchev–Trinajstić information content (AvgIpc) is 2.60. The molecule has 0 radical (unpaired) electrons. The van der Waals surface area contributed by atoms with Crippen LogP contribution in [0.3, 0.4) is 0 Å². The van der Waals surface area contributed by atoms with Gasteiger partial charge in [-0.25, -0.2) is 4.98 Å². The van der Waals surface area contributed by atoms with E-state index in [0.717, 1.165) is 25.1 Å². The summed E-state index contributed by atoms with van der Waals surface area (Å²) in [5.41, 5.74) is 0.464. The van der Waals surface area contributed by atoms with Crippen LogP contribution in [0.5, 0.6) is 0 Å². The molecule has 1 saturated carbocycles. The number of anilines is 1. The summed E-state index contributed by atoms with van der Waals surface area (Å²) in [5.74, 6) is 0.952. The molecular formula is C19H26N4O2. The van der Waals surface area contributed by atoms with Gasteiger partial charge in [0.2, 0.25) is 5.91 Å². The van der Waals surface area contributed by atoms with Crippen molar-refractivity contribution in [2.75, 3.05) is 38.7 Å². The number of nitrogens with zero attached hydrogens (tertiary/aromatic N) is 4. The normalized spacial score (nSPS) is 22.0. The Bertz CT molecular complexity index is 664. The van der Waals surface area contributed by atoms with Crippen molar-refractivity contribution in [2.24, 2.45) is 5.41 Å². The van der Waals surface area contributed by atoms with E-state index in [1.807, 2.05) is 36.2 Å². The van der Waals surface area contributed by atoms with Crippen LogP contribution in [0.2, 0.25) is 0 Å². The van der Waals surface area contributed by atoms with Gasteiger partial charge >= 0.3 is 0 Å². The van der Waals surface area contributed by atoms with Gasteiger partial charge in [-0.15, -0.1) is 0 Å². The molecule has 134 valence electrons. The summed E-state index contributed by atoms with van der Waals surface area (Å²) in [6.07, 6.45) is 5.99. The molecule has 1 aromatic rings. The molecule has 1 amide bonds. The van der Waals surface area contributed by atoms with Gasteiger partial charge < -0.3 is 14.5 Å². The van der Waals surface area contributed by atoms with E-state index < -0.39 is 5.41 Å². The smallest absolute Gasteiger partial charge is 0.243 e. The predicted molar refractivity (Wildman–Crippen MR) is 95.1 cm³/mol. The molecule has 3 rings (SSSR count). The first-order chi connectivity index (χ1) is 12.0. The van der Waals surface area contributed by atoms with Crippen LogP contribution in [0.4, 0.5) is 5.82 Å². The van der Waals surface area contributed by atoms with Crippen molar-refractivity contribution in [1.29, 1.82) is 5.26 Å². The van der Waals surface area contributed by atoms with Crippen molar-refractivity contribution >= 4 is 11.7 Å². The summed E-state index contributed by atoms with van der Waals surface area (Å²) < 4.78 is 5.85. The van der Waals surface area contributed by atoms with Crippen molar-refractivity contribution in [2.45, 2.75) is 38.2 Å². The number of pyridine rings is 1. The number of morpholine rings is 1. The molecule has 1 aliphatic carbocycles. The van der Waals surface area contributed by atoms with Crippen molar-refractivity contribution in [1.82, 2.24) is 9.88 Å². The molecule has 0 aromatic carbocycles. The molecule has 6 nitrogen and oxygen atoms in total. The van der Waals surface area contributed by atoms with Gasteiger partial charge in [0.25, 0.3) is 0 Å². The maximum Gasteiger partial charge on any atom is 0.243 e. The molecule has 0 bridgehead atoms. The van der Waals surface area contributed by atoms with E-state index in [0.29, 0.717) is 32.5 Å². The summed E-state index contributed by atoms with van der Waals surface area (Å²) in [5, 5.41) is 9.39. The summed E-state index contributed by atoms with van der Waals surface area (Å²) in [7, 11) is 3.96. The molecular weight excluding hydrogens is 316 g/mol. The maximum atomic E-state index is 12.7. The number of nitriles is 1. The van der Waals surface area contributed by atoms with E-state index in [4.69, 9.17) is 4.74 Å². The number of carbonyl (C=O) groups is 1. The maximum absolute atomic E-state index is 12.7. The number of aromatic nitrogens is 1. The van der Waals surface area contributed by atoms with E-state index in [1.165, 1.54) is 5.56 Å². The van der Waals surface area contributed by atoms with Gasteiger partial charge in [0.1, 0.15) is 11.2 Å². The Morgan fingerprint density at radius 1 is 1.52 bits per heavy atom. The van der Waals surface area contributed by atoms with E-state index in [9.17, 15) is 10.1 Å². The summed E-state index contributed by atoms with van der Waals surface area (Å²) in [6.45, 7) is 1.74. The van der Waals surface area contributed by atoms with Crippen LogP contribution < -0.4 is 4.90 Å². The first-order valence-electron chi connectivity index (χ1n) is 8.98. The fourth-order valence-corrected chi connectivity index (χ4v) is 3.47. The Kier molecular flexibility index (Phi) is 5.24. The molecule has 1 atom stereocenters. The Morgan fingerprint density at radius 2 is 2.32 bits per heavy atom. The first-order valence-corrected chi connectivity index (χ1v) is 8.98. The van der Waals surface area contributed by atoms with E-state index >= 15 is 0 Å². The number of rotatable bonds is 5. The quantitative estimate of drug-likeness (QED) is 0.818. The molecule has 1 aliphatic heterocycles. The summed E-state index contributed by atoms with van der Waals surface area (Å²) in [6, 6.07) is 6.37. The second-order valence-electron chi connectivity index (χ2n) is 7.25. The minimum Gasteiger partial charge on any atom is -0.375 e. The zero-order valence-electron chi connectivity index (χ0n) is 15.1. The predicted octanol–water partition coefficient (Wildman–Crippen LogP) is 2.00. The number of carbonyl (C=O) groups excluding carboxylic acids is 1. The second kappa shape index (κ2) is 7.40. The van der Waals surface area contributed by atoms with Gasteiger partial charge in [-0.1, -0.05) is 0 Å². The van der Waals surface area contributed by atoms with Crippen LogP contribution in [-0.2, 0) is 16.0 Å². The number of aryl methyl sites for hydroxylation is 1. The fraction of sp³-hybridized carbons (Fsp3) is 0.632. The number of hydrogen-bond acceptors (Lipinski definition) is 5. The van der Waals surface area contributed by atoms with Crippen molar-refractivity contribution in [3.05, 3.63) is 23.9 Å². The van der Waals surface area contributed by atoms with Crippen LogP contribution in [0.15, 0.2) is 18.3 Å². The van der Waals surface area contributed by atoms with Gasteiger partial charge in [-0.3, -0.25) is 4.79 Å². The van der Waals surface area contributed by atoms with Crippen molar-refractivity contribution < 1.29 is 9.53 Å². The lowest BCUT2D eigenvalue weighted by Gasteiger charge is -2.41. The molecule has 1 saturated heterocycles. The van der Waals surface area contributed by atoms with Gasteiger partial charge in [0, 0.05) is 33.4 Å². The van der Waals surface area contributed by atoms with Crippen LogP contribution in [0.1, 0.15) is 31.2 Å². The highest BCUT2D eigenvalue weighted by Gasteiger charge is 2.47. The average molecular weight is 342 g/mol. The highest BCUT2D eigenvalue weighted by Crippen LogP contribution is 2.42. The summed E-state index contributed by atoms with van der Waals surface area (Å²) in [4.78, 5) is 20.9. The Labute approximate surface area is 149 Å². The summed E-state index contributed by atoms with van der Waals surface area (Å²) >= 11 is 0. The number of ether oxygens (including phenoxy) is 1. The first kappa shape index (κ1) is 17.7. The molecule has 1 unspecified atom stereocenters. The third kappa shape index (κ3) is 3.77. The molecule has 6 heteroatoms. The van der Waals surface area contributed by atoms with Crippen LogP contribution in [0.25, 0.3) is 0 Å². The lowest BCUT2D eigenvalue weighted by Crippen LogP contribution is -2.53. The third-order valence-corrected chi connectivity index (χ3v) is 5.28. The van der Waals surface area contributed by atoms with Gasteiger partial charge in [-0.05, 0) is 49.8 Å². The second-order valence-corrected chi connectivity index (χ2v) is 7.25. The molecule has 0 spiro atoms. The highest BCUT2D eigenvalue weighted by atomic mass is 16.5. The minimum atomic E-state index is -0.756. The van der Waals surface area contributed by atoms with Crippen LogP contribution in [-0.4, -0.2) is 55.7 Å². The standard InChI is InChI=1S/C19H26N4O2/c1-22(2)17-12-15(6-9-21-17)4-5-16-13-23(10-11-25-16)18(24)19(14-20)7-3-8-19/h6,9,12,16H,3-5,7-8,10-11,13H2,1-2H3. The number of amides is 1. The lowest BCUT2D eigenvalue weighted by molar-refractivity contribution is -0.150. The number of hydrogen-bond donors (Lipinski definition) is 0. The Morgan fingerprint density at radius 3 is 2.96 bits per heavy atom. The lowest BCUT2D eigenvalue weighted by atomic mass is 9.69. The van der Waals surface area contributed by atoms with Crippen LogP contribution >= 0.6 is 0 Å². The molecule has 25 heavy (non-hydrogen) atoms. The Hall–Kier alpha value is -2.13. The molecule has 2 aliphatic rings. The highest BCUT2D eigenvalue weighted by molar-refractivity contribution is 5.86. The van der Waals surface area contributed by atoms with Gasteiger partial charge in [0.15, 0.2) is 0 Å². The van der Waals surface area contributed by atoms with E-state index in [-0.39, 0.29) is 12.0 Å². The minimum absolute atomic E-state index is 0.00774. The molecule has 0 N–H and O–H groups in total. The topological polar surface area (TPSA) is 69.5 Å². The SMILES string of the molecule is CN(C)c1cc(CCC2CN(C(=O)C3(C#N)CCC3)CCO2)ccn1. The third-order valence-electron chi connectivity index (χ3n) is 5.28. The Balaban J connectivity index is 1.56. The van der Waals surface area contributed by atoms with Crippen LogP contribution in [0, 0.1) is 16.7 Å². The van der Waals surface area contributed by atoms with Crippen molar-refractivity contribution in [3.8, 4) is 6.07 Å². The molecule has 2 fully saturated rings. The fourth-order valence-electron chi connectivity index (χ4n) is 3.47. The monoisotopic (exact) mass is 342 g/mol. The van der Waals surface area contributed by atoms with E-state index in [2.05, 4.69) is 17.1 Å². The molecule has 1 aromatic heterocycles. The van der Waals surface area contributed by atoms with E-state index in [1.54, 1.807) is 0 Å². The molecule has 2 heterocycles. The zero-order valence-corrected chi connectivity index (χ0v) is 15.1. The van der Waals surface area contributed by atoms with Gasteiger partial charge in [-0.2, -0.15) is 5.26 Å².